The molecule has 2 heterocycles. The zero-order valence-electron chi connectivity index (χ0n) is 9.95. The second-order valence-corrected chi connectivity index (χ2v) is 4.46. The van der Waals surface area contributed by atoms with E-state index in [2.05, 4.69) is 19.9 Å². The van der Waals surface area contributed by atoms with E-state index in [1.54, 1.807) is 23.3 Å². The van der Waals surface area contributed by atoms with Crippen LogP contribution in [0, 0.1) is 0 Å². The van der Waals surface area contributed by atoms with Gasteiger partial charge in [0.05, 0.1) is 0 Å². The predicted molar refractivity (Wildman–Crippen MR) is 61.7 cm³/mol. The van der Waals surface area contributed by atoms with Crippen LogP contribution in [0.1, 0.15) is 20.8 Å². The summed E-state index contributed by atoms with van der Waals surface area (Å²) in [7, 11) is 0. The molecular formula is C10H14N6O. The molecule has 0 fully saturated rings. The normalized spacial score (nSPS) is 11.5. The Morgan fingerprint density at radius 2 is 2.00 bits per heavy atom. The van der Waals surface area contributed by atoms with Crippen LogP contribution in [0.4, 0.5) is 5.95 Å². The Bertz CT molecular complexity index is 502. The lowest BCUT2D eigenvalue weighted by Crippen LogP contribution is -2.25. The second kappa shape index (κ2) is 4.00. The quantitative estimate of drug-likeness (QED) is 0.826. The number of hydrogen-bond donors (Lipinski definition) is 1. The fourth-order valence-corrected chi connectivity index (χ4v) is 1.17. The summed E-state index contributed by atoms with van der Waals surface area (Å²) < 4.78 is 7.18. The van der Waals surface area contributed by atoms with Gasteiger partial charge >= 0.3 is 6.01 Å². The highest BCUT2D eigenvalue weighted by Crippen LogP contribution is 2.14. The van der Waals surface area contributed by atoms with Crippen molar-refractivity contribution in [3.63, 3.8) is 0 Å². The zero-order chi connectivity index (χ0) is 12.5. The van der Waals surface area contributed by atoms with E-state index in [-0.39, 0.29) is 17.6 Å². The van der Waals surface area contributed by atoms with Gasteiger partial charge in [-0.3, -0.25) is 4.57 Å². The summed E-state index contributed by atoms with van der Waals surface area (Å²) in [5.74, 6) is 0.497. The number of aromatic nitrogens is 5. The van der Waals surface area contributed by atoms with Crippen LogP contribution < -0.4 is 10.5 Å². The van der Waals surface area contributed by atoms with E-state index in [1.807, 2.05) is 20.8 Å². The minimum Gasteiger partial charge on any atom is -0.458 e. The summed E-state index contributed by atoms with van der Waals surface area (Å²) in [6, 6.07) is 0.203. The first-order valence-electron chi connectivity index (χ1n) is 5.13. The van der Waals surface area contributed by atoms with Crippen molar-refractivity contribution in [2.45, 2.75) is 26.4 Å². The van der Waals surface area contributed by atoms with Crippen molar-refractivity contribution < 1.29 is 4.74 Å². The molecular weight excluding hydrogens is 220 g/mol. The molecule has 17 heavy (non-hydrogen) atoms. The van der Waals surface area contributed by atoms with Gasteiger partial charge in [-0.2, -0.15) is 15.0 Å². The molecule has 0 spiro atoms. The molecule has 0 unspecified atom stereocenters. The average molecular weight is 234 g/mol. The minimum absolute atomic E-state index is 0.114. The maximum atomic E-state index is 5.61. The van der Waals surface area contributed by atoms with Gasteiger partial charge in [0.2, 0.25) is 11.9 Å². The highest BCUT2D eigenvalue weighted by molar-refractivity contribution is 5.25. The number of hydrogen-bond acceptors (Lipinski definition) is 6. The van der Waals surface area contributed by atoms with Gasteiger partial charge in [-0.05, 0) is 20.8 Å². The van der Waals surface area contributed by atoms with Gasteiger partial charge in [0.1, 0.15) is 11.9 Å². The highest BCUT2D eigenvalue weighted by atomic mass is 16.5. The summed E-state index contributed by atoms with van der Waals surface area (Å²) in [5.41, 5.74) is 5.22. The summed E-state index contributed by atoms with van der Waals surface area (Å²) in [5, 5.41) is 0. The lowest BCUT2D eigenvalue weighted by Gasteiger charge is -2.19. The molecule has 0 saturated heterocycles. The molecule has 0 aromatic carbocycles. The Balaban J connectivity index is 2.36. The van der Waals surface area contributed by atoms with E-state index in [4.69, 9.17) is 10.5 Å². The monoisotopic (exact) mass is 234 g/mol. The molecule has 0 aliphatic carbocycles. The maximum absolute atomic E-state index is 5.61. The summed E-state index contributed by atoms with van der Waals surface area (Å²) in [6.07, 6.45) is 4.93. The molecule has 90 valence electrons. The number of nitrogen functional groups attached to an aromatic ring is 1. The molecule has 0 radical (unpaired) electrons. The fourth-order valence-electron chi connectivity index (χ4n) is 1.17. The van der Waals surface area contributed by atoms with Gasteiger partial charge in [-0.15, -0.1) is 0 Å². The van der Waals surface area contributed by atoms with Crippen molar-refractivity contribution in [3.05, 3.63) is 18.7 Å². The van der Waals surface area contributed by atoms with Crippen LogP contribution in [-0.4, -0.2) is 30.1 Å². The Hall–Kier alpha value is -2.18. The van der Waals surface area contributed by atoms with Crippen molar-refractivity contribution >= 4 is 5.95 Å². The van der Waals surface area contributed by atoms with Crippen LogP contribution in [-0.2, 0) is 0 Å². The van der Waals surface area contributed by atoms with Crippen molar-refractivity contribution in [1.82, 2.24) is 24.5 Å². The third-order valence-electron chi connectivity index (χ3n) is 1.75. The van der Waals surface area contributed by atoms with Crippen molar-refractivity contribution in [2.24, 2.45) is 0 Å². The number of imidazole rings is 1. The molecule has 0 atom stereocenters. The van der Waals surface area contributed by atoms with Gasteiger partial charge < -0.3 is 10.5 Å². The lowest BCUT2D eigenvalue weighted by atomic mass is 10.2. The highest BCUT2D eigenvalue weighted by Gasteiger charge is 2.15. The third kappa shape index (κ3) is 2.90. The van der Waals surface area contributed by atoms with Gasteiger partial charge in [0.25, 0.3) is 0 Å². The molecule has 7 nitrogen and oxygen atoms in total. The Morgan fingerprint density at radius 3 is 2.59 bits per heavy atom. The Labute approximate surface area is 98.7 Å². The number of nitrogens with two attached hydrogens (primary N) is 1. The first-order valence-corrected chi connectivity index (χ1v) is 5.13. The van der Waals surface area contributed by atoms with Gasteiger partial charge in [0.15, 0.2) is 0 Å². The first-order chi connectivity index (χ1) is 7.94. The number of ether oxygens (including phenoxy) is 1. The van der Waals surface area contributed by atoms with E-state index >= 15 is 0 Å². The fraction of sp³-hybridized carbons (Fsp3) is 0.400. The standard InChI is InChI=1S/C10H14N6O/c1-10(2,3)17-9-14-7(11)13-8(15-9)16-5-4-12-6-16/h4-6H,1-3H3,(H2,11,13,14,15). The molecule has 0 bridgehead atoms. The van der Waals surface area contributed by atoms with Crippen LogP contribution in [0.3, 0.4) is 0 Å². The summed E-state index contributed by atoms with van der Waals surface area (Å²) >= 11 is 0. The smallest absolute Gasteiger partial charge is 0.323 e. The second-order valence-electron chi connectivity index (χ2n) is 4.46. The molecule has 2 rings (SSSR count). The first kappa shape index (κ1) is 11.3. The van der Waals surface area contributed by atoms with Gasteiger partial charge in [-0.1, -0.05) is 0 Å². The molecule has 0 amide bonds. The molecule has 2 aromatic rings. The topological polar surface area (TPSA) is 91.7 Å². The van der Waals surface area contributed by atoms with Crippen molar-refractivity contribution in [1.29, 1.82) is 0 Å². The van der Waals surface area contributed by atoms with Crippen LogP contribution >= 0.6 is 0 Å². The Morgan fingerprint density at radius 1 is 1.24 bits per heavy atom. The van der Waals surface area contributed by atoms with E-state index in [9.17, 15) is 0 Å². The Kier molecular flexibility index (Phi) is 2.66. The zero-order valence-corrected chi connectivity index (χ0v) is 9.95. The van der Waals surface area contributed by atoms with Crippen molar-refractivity contribution in [2.75, 3.05) is 5.73 Å². The van der Waals surface area contributed by atoms with Gasteiger partial charge in [0, 0.05) is 12.4 Å². The van der Waals surface area contributed by atoms with Crippen LogP contribution in [0.15, 0.2) is 18.7 Å². The maximum Gasteiger partial charge on any atom is 0.323 e. The van der Waals surface area contributed by atoms with Crippen LogP contribution in [0.25, 0.3) is 5.95 Å². The SMILES string of the molecule is CC(C)(C)Oc1nc(N)nc(-n2ccnc2)n1. The predicted octanol–water partition coefficient (Wildman–Crippen LogP) is 0.817. The number of nitrogens with zero attached hydrogens (tertiary/aromatic N) is 5. The number of rotatable bonds is 2. The molecule has 0 saturated carbocycles. The largest absolute Gasteiger partial charge is 0.458 e. The average Bonchev–Trinajstić information content (AvgIpc) is 2.65. The van der Waals surface area contributed by atoms with Gasteiger partial charge in [-0.25, -0.2) is 4.98 Å². The summed E-state index contributed by atoms with van der Waals surface area (Å²) in [4.78, 5) is 16.0. The van der Waals surface area contributed by atoms with E-state index in [0.717, 1.165) is 0 Å². The van der Waals surface area contributed by atoms with E-state index < -0.39 is 0 Å². The lowest BCUT2D eigenvalue weighted by molar-refractivity contribution is 0.116. The third-order valence-corrected chi connectivity index (χ3v) is 1.75. The van der Waals surface area contributed by atoms with Crippen LogP contribution in [0.2, 0.25) is 0 Å². The molecule has 2 aromatic heterocycles. The molecule has 2 N–H and O–H groups in total. The molecule has 0 aliphatic heterocycles. The molecule has 0 aliphatic rings. The van der Waals surface area contributed by atoms with E-state index in [0.29, 0.717) is 5.95 Å². The number of anilines is 1. The molecule has 7 heteroatoms. The van der Waals surface area contributed by atoms with E-state index in [1.165, 1.54) is 0 Å². The van der Waals surface area contributed by atoms with Crippen molar-refractivity contribution in [3.8, 4) is 12.0 Å². The summed E-state index contributed by atoms with van der Waals surface area (Å²) in [6.45, 7) is 5.72. The minimum atomic E-state index is -0.389. The van der Waals surface area contributed by atoms with Crippen LogP contribution in [0.5, 0.6) is 6.01 Å².